The second-order valence-corrected chi connectivity index (χ2v) is 9.45. The Kier molecular flexibility index (Phi) is 6.82. The Morgan fingerprint density at radius 3 is 2.67 bits per heavy atom. The van der Waals surface area contributed by atoms with Crippen LogP contribution in [-0.4, -0.2) is 70.7 Å². The second kappa shape index (κ2) is 10.2. The van der Waals surface area contributed by atoms with Gasteiger partial charge in [0.25, 0.3) is 5.56 Å². The van der Waals surface area contributed by atoms with E-state index in [4.69, 9.17) is 9.47 Å². The first-order valence-electron chi connectivity index (χ1n) is 12.5. The topological polar surface area (TPSA) is 86.0 Å². The van der Waals surface area contributed by atoms with E-state index in [9.17, 15) is 14.4 Å². The molecule has 0 radical (unpaired) electrons. The van der Waals surface area contributed by atoms with Crippen LogP contribution in [0.25, 0.3) is 10.9 Å². The molecule has 190 valence electrons. The van der Waals surface area contributed by atoms with Crippen molar-refractivity contribution in [1.29, 1.82) is 0 Å². The normalized spacial score (nSPS) is 16.3. The van der Waals surface area contributed by atoms with E-state index in [1.54, 1.807) is 9.47 Å². The van der Waals surface area contributed by atoms with Gasteiger partial charge in [0.15, 0.2) is 0 Å². The molecule has 9 heteroatoms. The SMILES string of the molecule is COC(=O)c1c(OCCN2CCCC2=O)cc(=O)n2c1CCN(Cc1cn(C)c3ccccc13)CC2. The summed E-state index contributed by atoms with van der Waals surface area (Å²) in [5.41, 5.74) is 3.17. The van der Waals surface area contributed by atoms with Crippen molar-refractivity contribution in [1.82, 2.24) is 18.9 Å². The number of para-hydroxylation sites is 1. The highest BCUT2D eigenvalue weighted by Gasteiger charge is 2.27. The van der Waals surface area contributed by atoms with Crippen molar-refractivity contribution in [3.63, 3.8) is 0 Å². The lowest BCUT2D eigenvalue weighted by Gasteiger charge is -2.19. The third kappa shape index (κ3) is 4.63. The van der Waals surface area contributed by atoms with Gasteiger partial charge in [-0.15, -0.1) is 0 Å². The fourth-order valence-corrected chi connectivity index (χ4v) is 5.39. The van der Waals surface area contributed by atoms with Gasteiger partial charge in [-0.1, -0.05) is 18.2 Å². The number of pyridine rings is 1. The van der Waals surface area contributed by atoms with Crippen LogP contribution in [0.4, 0.5) is 0 Å². The van der Waals surface area contributed by atoms with Gasteiger partial charge >= 0.3 is 5.97 Å². The highest BCUT2D eigenvalue weighted by Crippen LogP contribution is 2.26. The summed E-state index contributed by atoms with van der Waals surface area (Å²) in [6, 6.07) is 9.71. The van der Waals surface area contributed by atoms with Crippen LogP contribution in [-0.2, 0) is 36.1 Å². The van der Waals surface area contributed by atoms with Crippen molar-refractivity contribution in [3.8, 4) is 5.75 Å². The number of aryl methyl sites for hydroxylation is 1. The number of fused-ring (bicyclic) bond motifs is 2. The van der Waals surface area contributed by atoms with Crippen molar-refractivity contribution in [2.75, 3.05) is 39.9 Å². The molecule has 4 heterocycles. The molecule has 1 saturated heterocycles. The summed E-state index contributed by atoms with van der Waals surface area (Å²) in [7, 11) is 3.38. The molecule has 0 N–H and O–H groups in total. The molecule has 2 aliphatic rings. The smallest absolute Gasteiger partial charge is 0.343 e. The van der Waals surface area contributed by atoms with Gasteiger partial charge in [-0.25, -0.2) is 4.79 Å². The number of ether oxygens (including phenoxy) is 2. The number of carbonyl (C=O) groups is 2. The number of carbonyl (C=O) groups excluding carboxylic acids is 2. The predicted molar refractivity (Wildman–Crippen MR) is 135 cm³/mol. The quantitative estimate of drug-likeness (QED) is 0.470. The highest BCUT2D eigenvalue weighted by atomic mass is 16.5. The molecular formula is C27H32N4O5. The monoisotopic (exact) mass is 492 g/mol. The molecule has 1 fully saturated rings. The third-order valence-electron chi connectivity index (χ3n) is 7.24. The Hall–Kier alpha value is -3.59. The number of rotatable bonds is 7. The largest absolute Gasteiger partial charge is 0.491 e. The molecule has 0 aliphatic carbocycles. The van der Waals surface area contributed by atoms with E-state index in [1.807, 2.05) is 19.2 Å². The van der Waals surface area contributed by atoms with Crippen LogP contribution in [0.15, 0.2) is 41.3 Å². The lowest BCUT2D eigenvalue weighted by Crippen LogP contribution is -2.31. The Bertz CT molecular complexity index is 1360. The molecule has 1 aromatic carbocycles. The molecule has 3 aromatic rings. The summed E-state index contributed by atoms with van der Waals surface area (Å²) in [6.07, 6.45) is 4.09. The average Bonchev–Trinajstić information content (AvgIpc) is 3.34. The number of amides is 1. The number of esters is 1. The summed E-state index contributed by atoms with van der Waals surface area (Å²) in [5.74, 6) is -0.180. The van der Waals surface area contributed by atoms with Crippen molar-refractivity contribution in [2.24, 2.45) is 7.05 Å². The molecular weight excluding hydrogens is 460 g/mol. The van der Waals surface area contributed by atoms with E-state index in [0.29, 0.717) is 56.8 Å². The summed E-state index contributed by atoms with van der Waals surface area (Å²) in [5, 5.41) is 1.22. The average molecular weight is 493 g/mol. The number of likely N-dealkylation sites (tertiary alicyclic amines) is 1. The van der Waals surface area contributed by atoms with Gasteiger partial charge in [-0.05, 0) is 18.1 Å². The van der Waals surface area contributed by atoms with Crippen molar-refractivity contribution in [2.45, 2.75) is 32.4 Å². The first-order valence-corrected chi connectivity index (χ1v) is 12.5. The van der Waals surface area contributed by atoms with E-state index in [-0.39, 0.29) is 23.8 Å². The van der Waals surface area contributed by atoms with Crippen LogP contribution < -0.4 is 10.3 Å². The zero-order valence-corrected chi connectivity index (χ0v) is 20.9. The molecule has 2 aromatic heterocycles. The lowest BCUT2D eigenvalue weighted by atomic mass is 10.1. The predicted octanol–water partition coefficient (Wildman–Crippen LogP) is 2.19. The number of methoxy groups -OCH3 is 1. The fourth-order valence-electron chi connectivity index (χ4n) is 5.39. The molecule has 0 unspecified atom stereocenters. The van der Waals surface area contributed by atoms with E-state index in [1.165, 1.54) is 29.6 Å². The number of benzene rings is 1. The van der Waals surface area contributed by atoms with E-state index in [0.717, 1.165) is 13.0 Å². The van der Waals surface area contributed by atoms with Crippen LogP contribution in [0.2, 0.25) is 0 Å². The summed E-state index contributed by atoms with van der Waals surface area (Å²) in [6.45, 7) is 3.97. The number of hydrogen-bond donors (Lipinski definition) is 0. The standard InChI is InChI=1S/C27H32N4O5/c1-28-17-19(20-6-3-4-7-21(20)28)18-29-11-9-22-26(27(34)35-2)23(16-25(33)31(22)13-12-29)36-15-14-30-10-5-8-24(30)32/h3-4,6-7,16-17H,5,8-15,18H2,1-2H3. The van der Waals surface area contributed by atoms with Gasteiger partial charge < -0.3 is 23.5 Å². The van der Waals surface area contributed by atoms with Crippen LogP contribution >= 0.6 is 0 Å². The van der Waals surface area contributed by atoms with Gasteiger partial charge in [0.2, 0.25) is 5.91 Å². The van der Waals surface area contributed by atoms with E-state index in [2.05, 4.69) is 27.8 Å². The summed E-state index contributed by atoms with van der Waals surface area (Å²) < 4.78 is 14.8. The lowest BCUT2D eigenvalue weighted by molar-refractivity contribution is -0.128. The van der Waals surface area contributed by atoms with Crippen LogP contribution in [0, 0.1) is 0 Å². The Labute approximate surface area is 209 Å². The maximum atomic E-state index is 13.1. The Balaban J connectivity index is 1.37. The van der Waals surface area contributed by atoms with Gasteiger partial charge in [-0.3, -0.25) is 14.5 Å². The molecule has 5 rings (SSSR count). The van der Waals surface area contributed by atoms with Gasteiger partial charge in [0.1, 0.15) is 17.9 Å². The van der Waals surface area contributed by atoms with Crippen LogP contribution in [0.3, 0.4) is 0 Å². The molecule has 0 bridgehead atoms. The minimum Gasteiger partial charge on any atom is -0.491 e. The first kappa shape index (κ1) is 24.1. The fraction of sp³-hybridized carbons (Fsp3) is 0.444. The number of nitrogens with zero attached hydrogens (tertiary/aromatic N) is 4. The maximum absolute atomic E-state index is 13.1. The first-order chi connectivity index (χ1) is 17.5. The molecule has 2 aliphatic heterocycles. The van der Waals surface area contributed by atoms with Crippen LogP contribution in [0.1, 0.15) is 34.5 Å². The minimum atomic E-state index is -0.520. The second-order valence-electron chi connectivity index (χ2n) is 9.45. The Morgan fingerprint density at radius 2 is 1.89 bits per heavy atom. The zero-order valence-electron chi connectivity index (χ0n) is 20.9. The van der Waals surface area contributed by atoms with Crippen molar-refractivity contribution >= 4 is 22.8 Å². The van der Waals surface area contributed by atoms with E-state index < -0.39 is 5.97 Å². The molecule has 0 spiro atoms. The van der Waals surface area contributed by atoms with Gasteiger partial charge in [-0.2, -0.15) is 0 Å². The third-order valence-corrected chi connectivity index (χ3v) is 7.24. The minimum absolute atomic E-state index is 0.111. The number of hydrogen-bond acceptors (Lipinski definition) is 6. The van der Waals surface area contributed by atoms with Crippen molar-refractivity contribution < 1.29 is 19.1 Å². The highest BCUT2D eigenvalue weighted by molar-refractivity contribution is 5.93. The summed E-state index contributed by atoms with van der Waals surface area (Å²) in [4.78, 5) is 41.8. The maximum Gasteiger partial charge on any atom is 0.343 e. The van der Waals surface area contributed by atoms with Crippen LogP contribution in [0.5, 0.6) is 5.75 Å². The van der Waals surface area contributed by atoms with Gasteiger partial charge in [0, 0.05) is 81.5 Å². The molecule has 9 nitrogen and oxygen atoms in total. The zero-order chi connectivity index (χ0) is 25.2. The van der Waals surface area contributed by atoms with Crippen molar-refractivity contribution in [3.05, 3.63) is 63.7 Å². The van der Waals surface area contributed by atoms with E-state index >= 15 is 0 Å². The molecule has 0 atom stereocenters. The molecule has 36 heavy (non-hydrogen) atoms. The Morgan fingerprint density at radius 1 is 1.06 bits per heavy atom. The van der Waals surface area contributed by atoms with Gasteiger partial charge in [0.05, 0.1) is 13.7 Å². The number of aromatic nitrogens is 2. The summed E-state index contributed by atoms with van der Waals surface area (Å²) >= 11 is 0. The molecule has 1 amide bonds. The molecule has 0 saturated carbocycles.